The van der Waals surface area contributed by atoms with E-state index in [1.54, 1.807) is 0 Å². The number of rotatable bonds is 9. The summed E-state index contributed by atoms with van der Waals surface area (Å²) in [4.78, 5) is 4.19. The summed E-state index contributed by atoms with van der Waals surface area (Å²) in [5.41, 5.74) is 0. The molecule has 0 bridgehead atoms. The molecule has 0 saturated carbocycles. The van der Waals surface area contributed by atoms with Crippen molar-refractivity contribution in [1.82, 2.24) is 4.98 Å². The molecule has 1 aromatic heterocycles. The molecule has 0 aliphatic rings. The van der Waals surface area contributed by atoms with E-state index in [0.29, 0.717) is 9.78 Å². The van der Waals surface area contributed by atoms with E-state index in [9.17, 15) is 0 Å². The molecule has 0 spiro atoms. The molecule has 0 aromatic carbocycles. The van der Waals surface area contributed by atoms with Gasteiger partial charge in [0.05, 0.1) is 0 Å². The average molecular weight is 461 g/mol. The van der Waals surface area contributed by atoms with Crippen LogP contribution >= 0.6 is 31.9 Å². The van der Waals surface area contributed by atoms with Crippen LogP contribution in [0.1, 0.15) is 62.6 Å². The van der Waals surface area contributed by atoms with Crippen LogP contribution in [0, 0.1) is 6.92 Å². The number of hydrogen-bond donors (Lipinski definition) is 1. The van der Waals surface area contributed by atoms with Gasteiger partial charge in [-0.15, -0.1) is 0 Å². The molecule has 1 aromatic rings. The first kappa shape index (κ1) is 19.7. The van der Waals surface area contributed by atoms with Gasteiger partial charge >= 0.3 is 0 Å². The zero-order valence-electron chi connectivity index (χ0n) is 11.8. The number of halogens is 3. The summed E-state index contributed by atoms with van der Waals surface area (Å²) >= 11 is 7.57. The van der Waals surface area contributed by atoms with E-state index >= 15 is 0 Å². The highest BCUT2D eigenvalue weighted by Gasteiger charge is 2.18. The second-order valence-corrected chi connectivity index (χ2v) is 7.28. The maximum Gasteiger partial charge on any atom is 0.251 e. The van der Waals surface area contributed by atoms with Gasteiger partial charge in [-0.05, 0) is 22.4 Å². The highest BCUT2D eigenvalue weighted by Crippen LogP contribution is 2.23. The summed E-state index contributed by atoms with van der Waals surface area (Å²) in [5.74, 6) is 1.19. The number of aromatic amines is 1. The van der Waals surface area contributed by atoms with Crippen molar-refractivity contribution in [1.29, 1.82) is 0 Å². The number of unbranched alkanes of at least 4 members (excludes halogenated alkanes) is 4. The predicted molar refractivity (Wildman–Crippen MR) is 84.4 cm³/mol. The minimum Gasteiger partial charge on any atom is -1.00 e. The number of nitrogens with one attached hydrogen (secondary N) is 1. The minimum absolute atomic E-state index is 0. The number of imidazole rings is 1. The van der Waals surface area contributed by atoms with E-state index in [1.165, 1.54) is 44.3 Å². The van der Waals surface area contributed by atoms with E-state index in [1.807, 2.05) is 6.20 Å². The Morgan fingerprint density at radius 3 is 2.47 bits per heavy atom. The molecule has 5 heteroatoms. The Morgan fingerprint density at radius 1 is 1.21 bits per heavy atom. The fourth-order valence-corrected chi connectivity index (χ4v) is 4.21. The van der Waals surface area contributed by atoms with Gasteiger partial charge in [-0.1, -0.05) is 55.0 Å². The number of hydrogen-bond acceptors (Lipinski definition) is 0. The Balaban J connectivity index is 0.00000324. The number of alkyl halides is 2. The summed E-state index contributed by atoms with van der Waals surface area (Å²) < 4.78 is 2.24. The molecule has 0 amide bonds. The molecule has 0 aliphatic carbocycles. The smallest absolute Gasteiger partial charge is 0.251 e. The van der Waals surface area contributed by atoms with Crippen LogP contribution in [0.4, 0.5) is 0 Å². The van der Waals surface area contributed by atoms with Gasteiger partial charge < -0.3 is 17.0 Å². The Hall–Kier alpha value is 0.650. The molecule has 112 valence electrons. The van der Waals surface area contributed by atoms with Crippen LogP contribution in [-0.4, -0.2) is 9.81 Å². The minimum atomic E-state index is 0. The van der Waals surface area contributed by atoms with Gasteiger partial charge in [0, 0.05) is 18.2 Å². The number of nitrogens with zero attached hydrogens (tertiary/aromatic N) is 1. The van der Waals surface area contributed by atoms with Crippen molar-refractivity contribution in [2.24, 2.45) is 0 Å². The van der Waals surface area contributed by atoms with Crippen molar-refractivity contribution in [2.75, 3.05) is 0 Å². The van der Waals surface area contributed by atoms with Crippen LogP contribution in [0.15, 0.2) is 12.4 Å². The first-order chi connectivity index (χ1) is 8.65. The lowest BCUT2D eigenvalue weighted by molar-refractivity contribution is -0.702. The first-order valence-electron chi connectivity index (χ1n) is 6.98. The van der Waals surface area contributed by atoms with E-state index < -0.39 is 0 Å². The number of aromatic nitrogens is 2. The lowest BCUT2D eigenvalue weighted by Crippen LogP contribution is -3.00. The van der Waals surface area contributed by atoms with E-state index in [-0.39, 0.29) is 17.0 Å². The van der Waals surface area contributed by atoms with E-state index in [4.69, 9.17) is 0 Å². The van der Waals surface area contributed by atoms with E-state index in [0.717, 1.165) is 6.42 Å². The standard InChI is InChI=1S/C14H24Br2N2.BrH/c1-3-4-5-6-7-8-13(15)11-14(16)18-10-9-17-12(18)2;/h9-10,13-14H,3-8,11H2,1-2H3;1H. The van der Waals surface area contributed by atoms with Crippen molar-refractivity contribution < 1.29 is 21.5 Å². The summed E-state index contributed by atoms with van der Waals surface area (Å²) in [7, 11) is 0. The second-order valence-electron chi connectivity index (χ2n) is 4.92. The normalized spacial score (nSPS) is 13.9. The SMILES string of the molecule is CCCCCCCC(Br)CC(Br)[n+]1cc[nH]c1C.[Br-]. The van der Waals surface area contributed by atoms with Gasteiger partial charge in [0.25, 0.3) is 5.82 Å². The topological polar surface area (TPSA) is 19.7 Å². The largest absolute Gasteiger partial charge is 1.00 e. The lowest BCUT2D eigenvalue weighted by atomic mass is 10.1. The average Bonchev–Trinajstić information content (AvgIpc) is 2.75. The van der Waals surface area contributed by atoms with Gasteiger partial charge in [-0.3, -0.25) is 0 Å². The summed E-state index contributed by atoms with van der Waals surface area (Å²) in [5, 5.41) is 0. The molecule has 2 nitrogen and oxygen atoms in total. The fourth-order valence-electron chi connectivity index (χ4n) is 2.14. The fraction of sp³-hybridized carbons (Fsp3) is 0.786. The summed E-state index contributed by atoms with van der Waals surface area (Å²) in [6.45, 7) is 4.36. The molecular formula is C14H25Br3N2. The highest BCUT2D eigenvalue weighted by atomic mass is 79.9. The van der Waals surface area contributed by atoms with Crippen molar-refractivity contribution in [3.05, 3.63) is 18.2 Å². The van der Waals surface area contributed by atoms with Gasteiger partial charge in [0.1, 0.15) is 12.4 Å². The maximum absolute atomic E-state index is 3.80. The van der Waals surface area contributed by atoms with Crippen molar-refractivity contribution in [3.63, 3.8) is 0 Å². The highest BCUT2D eigenvalue weighted by molar-refractivity contribution is 9.10. The molecular weight excluding hydrogens is 436 g/mol. The van der Waals surface area contributed by atoms with Gasteiger partial charge in [-0.2, -0.15) is 0 Å². The van der Waals surface area contributed by atoms with Crippen LogP contribution in [0.5, 0.6) is 0 Å². The van der Waals surface area contributed by atoms with E-state index in [2.05, 4.69) is 61.5 Å². The van der Waals surface area contributed by atoms with Crippen molar-refractivity contribution >= 4 is 31.9 Å². The summed E-state index contributed by atoms with van der Waals surface area (Å²) in [6, 6.07) is 0. The first-order valence-corrected chi connectivity index (χ1v) is 8.81. The van der Waals surface area contributed by atoms with Crippen LogP contribution in [-0.2, 0) is 0 Å². The zero-order chi connectivity index (χ0) is 13.4. The summed E-state index contributed by atoms with van der Waals surface area (Å²) in [6.07, 6.45) is 13.3. The number of aryl methyl sites for hydroxylation is 1. The molecule has 19 heavy (non-hydrogen) atoms. The molecule has 1 N–H and O–H groups in total. The third-order valence-corrected chi connectivity index (χ3v) is 4.93. The van der Waals surface area contributed by atoms with Crippen LogP contribution in [0.2, 0.25) is 0 Å². The monoisotopic (exact) mass is 458 g/mol. The predicted octanol–water partition coefficient (Wildman–Crippen LogP) is 2.02. The van der Waals surface area contributed by atoms with Gasteiger partial charge in [0.15, 0.2) is 4.95 Å². The van der Waals surface area contributed by atoms with Gasteiger partial charge in [0.2, 0.25) is 0 Å². The molecule has 2 unspecified atom stereocenters. The molecule has 0 radical (unpaired) electrons. The Labute approximate surface area is 144 Å². The molecule has 1 rings (SSSR count). The Kier molecular flexibility index (Phi) is 11.7. The third-order valence-electron chi connectivity index (χ3n) is 3.29. The molecule has 2 atom stereocenters. The third kappa shape index (κ3) is 7.86. The zero-order valence-corrected chi connectivity index (χ0v) is 16.6. The van der Waals surface area contributed by atoms with Crippen LogP contribution in [0.3, 0.4) is 0 Å². The van der Waals surface area contributed by atoms with Crippen molar-refractivity contribution in [3.8, 4) is 0 Å². The Morgan fingerprint density at radius 2 is 1.89 bits per heavy atom. The maximum atomic E-state index is 3.80. The molecule has 0 aliphatic heterocycles. The second kappa shape index (κ2) is 11.3. The quantitative estimate of drug-likeness (QED) is 0.330. The van der Waals surface area contributed by atoms with Crippen LogP contribution < -0.4 is 21.5 Å². The Bertz CT molecular complexity index is 328. The molecule has 1 heterocycles. The van der Waals surface area contributed by atoms with Crippen LogP contribution in [0.25, 0.3) is 0 Å². The molecule has 0 fully saturated rings. The van der Waals surface area contributed by atoms with Gasteiger partial charge in [-0.25, -0.2) is 9.55 Å². The van der Waals surface area contributed by atoms with Crippen molar-refractivity contribution in [2.45, 2.75) is 68.6 Å². The lowest BCUT2D eigenvalue weighted by Gasteiger charge is -2.13. The molecule has 0 saturated heterocycles. The number of H-pyrrole nitrogens is 1.